The third-order valence-electron chi connectivity index (χ3n) is 4.35. The first-order valence-electron chi connectivity index (χ1n) is 7.92. The molecule has 4 rings (SSSR count). The van der Waals surface area contributed by atoms with E-state index in [0.717, 1.165) is 35.1 Å². The van der Waals surface area contributed by atoms with Crippen molar-refractivity contribution in [2.75, 3.05) is 19.0 Å². The van der Waals surface area contributed by atoms with Gasteiger partial charge in [0.25, 0.3) is 0 Å². The molecule has 25 heavy (non-hydrogen) atoms. The molecule has 1 N–H and O–H groups in total. The molecule has 1 aromatic heterocycles. The van der Waals surface area contributed by atoms with E-state index in [1.54, 1.807) is 7.11 Å². The summed E-state index contributed by atoms with van der Waals surface area (Å²) in [5.74, 6) is 2.48. The van der Waals surface area contributed by atoms with Gasteiger partial charge in [-0.25, -0.2) is 0 Å². The molecule has 0 bridgehead atoms. The summed E-state index contributed by atoms with van der Waals surface area (Å²) in [6, 6.07) is 11.4. The van der Waals surface area contributed by atoms with E-state index in [0.29, 0.717) is 15.9 Å². The van der Waals surface area contributed by atoms with Gasteiger partial charge in [-0.2, -0.15) is 0 Å². The second-order valence-corrected chi connectivity index (χ2v) is 6.80. The van der Waals surface area contributed by atoms with Gasteiger partial charge in [0.1, 0.15) is 11.6 Å². The number of nitrogens with zero attached hydrogens (tertiary/aromatic N) is 3. The van der Waals surface area contributed by atoms with Gasteiger partial charge in [0.05, 0.1) is 34.1 Å². The smallest absolute Gasteiger partial charge is 0.172 e. The van der Waals surface area contributed by atoms with Crippen molar-refractivity contribution >= 4 is 28.9 Å². The minimum absolute atomic E-state index is 0.168. The minimum atomic E-state index is 0.168. The van der Waals surface area contributed by atoms with E-state index in [4.69, 9.17) is 27.9 Å². The number of rotatable bonds is 2. The average molecular weight is 375 g/mol. The van der Waals surface area contributed by atoms with Crippen molar-refractivity contribution in [3.8, 4) is 22.8 Å². The number of ether oxygens (including phenoxy) is 1. The van der Waals surface area contributed by atoms with E-state index in [1.807, 2.05) is 41.0 Å². The summed E-state index contributed by atoms with van der Waals surface area (Å²) in [5, 5.41) is 13.3. The summed E-state index contributed by atoms with van der Waals surface area (Å²) in [5.41, 5.74) is 2.64. The van der Waals surface area contributed by atoms with Gasteiger partial charge in [-0.3, -0.25) is 4.57 Å². The van der Waals surface area contributed by atoms with Crippen molar-refractivity contribution in [3.05, 3.63) is 52.3 Å². The number of para-hydroxylation sites is 1. The lowest BCUT2D eigenvalue weighted by Gasteiger charge is -2.14. The van der Waals surface area contributed by atoms with Gasteiger partial charge < -0.3 is 10.1 Å². The molecule has 3 aromatic rings. The molecule has 0 spiro atoms. The Bertz CT molecular complexity index is 954. The quantitative estimate of drug-likeness (QED) is 0.701. The molecule has 0 saturated heterocycles. The van der Waals surface area contributed by atoms with Crippen LogP contribution in [-0.2, 0) is 0 Å². The Morgan fingerprint density at radius 1 is 1.16 bits per heavy atom. The highest BCUT2D eigenvalue weighted by atomic mass is 35.5. The molecule has 0 fully saturated rings. The van der Waals surface area contributed by atoms with E-state index in [9.17, 15) is 0 Å². The lowest BCUT2D eigenvalue weighted by molar-refractivity contribution is 0.416. The highest BCUT2D eigenvalue weighted by Gasteiger charge is 2.26. The zero-order valence-corrected chi connectivity index (χ0v) is 15.3. The normalized spacial score (nSPS) is 15.8. The SMILES string of the molecule is COc1ccccc1-c1nnc2n1-c1cc(Cl)c(Cl)cc1NC[C@H]2C. The number of methoxy groups -OCH3 is 1. The predicted molar refractivity (Wildman–Crippen MR) is 100 cm³/mol. The standard InChI is InChI=1S/C18H16Cl2N4O/c1-10-9-21-14-7-12(19)13(20)8-15(14)24-17(10)22-23-18(24)11-5-3-4-6-16(11)25-2/h3-8,10,21H,9H2,1-2H3/t10-/m1/s1. The second kappa shape index (κ2) is 6.24. The molecule has 1 atom stereocenters. The largest absolute Gasteiger partial charge is 0.496 e. The third kappa shape index (κ3) is 2.64. The Balaban J connectivity index is 2.02. The Morgan fingerprint density at radius 2 is 1.92 bits per heavy atom. The van der Waals surface area contributed by atoms with Gasteiger partial charge in [-0.15, -0.1) is 10.2 Å². The Morgan fingerprint density at radius 3 is 2.72 bits per heavy atom. The number of hydrogen-bond donors (Lipinski definition) is 1. The van der Waals surface area contributed by atoms with Crippen LogP contribution in [0.15, 0.2) is 36.4 Å². The van der Waals surface area contributed by atoms with Crippen LogP contribution in [0.3, 0.4) is 0 Å². The van der Waals surface area contributed by atoms with Crippen LogP contribution in [0.1, 0.15) is 18.7 Å². The monoisotopic (exact) mass is 374 g/mol. The van der Waals surface area contributed by atoms with Crippen molar-refractivity contribution in [2.24, 2.45) is 0 Å². The Hall–Kier alpha value is -2.24. The van der Waals surface area contributed by atoms with Crippen LogP contribution in [0.5, 0.6) is 5.75 Å². The molecule has 0 aliphatic carbocycles. The van der Waals surface area contributed by atoms with E-state index >= 15 is 0 Å². The number of anilines is 1. The fourth-order valence-corrected chi connectivity index (χ4v) is 3.40. The zero-order chi connectivity index (χ0) is 17.6. The van der Waals surface area contributed by atoms with E-state index in [-0.39, 0.29) is 5.92 Å². The van der Waals surface area contributed by atoms with Crippen molar-refractivity contribution in [1.82, 2.24) is 14.8 Å². The van der Waals surface area contributed by atoms with E-state index in [2.05, 4.69) is 22.4 Å². The van der Waals surface area contributed by atoms with E-state index in [1.165, 1.54) is 0 Å². The van der Waals surface area contributed by atoms with Crippen LogP contribution in [0.4, 0.5) is 5.69 Å². The third-order valence-corrected chi connectivity index (χ3v) is 5.08. The lowest BCUT2D eigenvalue weighted by Crippen LogP contribution is -2.09. The molecule has 2 aromatic carbocycles. The molecule has 0 amide bonds. The summed E-state index contributed by atoms with van der Waals surface area (Å²) in [6.45, 7) is 2.84. The van der Waals surface area contributed by atoms with Crippen molar-refractivity contribution in [3.63, 3.8) is 0 Å². The first kappa shape index (κ1) is 16.2. The number of hydrogen-bond acceptors (Lipinski definition) is 4. The Kier molecular flexibility index (Phi) is 4.06. The minimum Gasteiger partial charge on any atom is -0.496 e. The maximum absolute atomic E-state index is 6.29. The molecule has 0 unspecified atom stereocenters. The molecule has 0 saturated carbocycles. The summed E-state index contributed by atoms with van der Waals surface area (Å²) in [4.78, 5) is 0. The van der Waals surface area contributed by atoms with Gasteiger partial charge in [-0.1, -0.05) is 42.3 Å². The molecular formula is C18H16Cl2N4O. The second-order valence-electron chi connectivity index (χ2n) is 5.98. The molecule has 5 nitrogen and oxygen atoms in total. The highest BCUT2D eigenvalue weighted by Crippen LogP contribution is 2.39. The first-order chi connectivity index (χ1) is 12.1. The van der Waals surface area contributed by atoms with Crippen LogP contribution >= 0.6 is 23.2 Å². The molecule has 2 heterocycles. The fraction of sp³-hybridized carbons (Fsp3) is 0.222. The van der Waals surface area contributed by atoms with Crippen LogP contribution in [0.25, 0.3) is 17.1 Å². The van der Waals surface area contributed by atoms with E-state index < -0.39 is 0 Å². The fourth-order valence-electron chi connectivity index (χ4n) is 3.07. The van der Waals surface area contributed by atoms with Crippen LogP contribution in [-0.4, -0.2) is 28.4 Å². The van der Waals surface area contributed by atoms with Crippen molar-refractivity contribution in [2.45, 2.75) is 12.8 Å². The van der Waals surface area contributed by atoms with Crippen LogP contribution < -0.4 is 10.1 Å². The van der Waals surface area contributed by atoms with Gasteiger partial charge in [-0.05, 0) is 24.3 Å². The topological polar surface area (TPSA) is 52.0 Å². The van der Waals surface area contributed by atoms with Gasteiger partial charge >= 0.3 is 0 Å². The molecule has 1 aliphatic rings. The lowest BCUT2D eigenvalue weighted by atomic mass is 10.1. The zero-order valence-electron chi connectivity index (χ0n) is 13.8. The summed E-state index contributed by atoms with van der Waals surface area (Å²) in [7, 11) is 1.65. The van der Waals surface area contributed by atoms with Crippen molar-refractivity contribution < 1.29 is 4.74 Å². The molecule has 128 valence electrons. The summed E-state index contributed by atoms with van der Waals surface area (Å²) in [6.07, 6.45) is 0. The first-order valence-corrected chi connectivity index (χ1v) is 8.67. The highest BCUT2D eigenvalue weighted by molar-refractivity contribution is 6.42. The van der Waals surface area contributed by atoms with Crippen molar-refractivity contribution in [1.29, 1.82) is 0 Å². The number of fused-ring (bicyclic) bond motifs is 3. The maximum Gasteiger partial charge on any atom is 0.172 e. The van der Waals surface area contributed by atoms with Gasteiger partial charge in [0.15, 0.2) is 5.82 Å². The average Bonchev–Trinajstić information content (AvgIpc) is 3.01. The predicted octanol–water partition coefficient (Wildman–Crippen LogP) is 4.78. The van der Waals surface area contributed by atoms with Gasteiger partial charge in [0, 0.05) is 12.5 Å². The number of benzene rings is 2. The molecule has 0 radical (unpaired) electrons. The summed E-state index contributed by atoms with van der Waals surface area (Å²) >= 11 is 12.5. The van der Waals surface area contributed by atoms with Crippen LogP contribution in [0, 0.1) is 0 Å². The molecular weight excluding hydrogens is 359 g/mol. The molecule has 7 heteroatoms. The van der Waals surface area contributed by atoms with Crippen LogP contribution in [0.2, 0.25) is 10.0 Å². The molecule has 1 aliphatic heterocycles. The number of nitrogens with one attached hydrogen (secondary N) is 1. The number of halogens is 2. The summed E-state index contributed by atoms with van der Waals surface area (Å²) < 4.78 is 7.53. The van der Waals surface area contributed by atoms with Gasteiger partial charge in [0.2, 0.25) is 0 Å². The Labute approximate surface area is 155 Å². The number of aromatic nitrogens is 3. The maximum atomic E-state index is 6.29.